The van der Waals surface area contributed by atoms with Crippen LogP contribution in [0.4, 0.5) is 5.95 Å². The zero-order chi connectivity index (χ0) is 21.0. The Balaban J connectivity index is 1.69. The number of methoxy groups -OCH3 is 1. The summed E-state index contributed by atoms with van der Waals surface area (Å²) < 4.78 is 10.3. The van der Waals surface area contributed by atoms with Crippen molar-refractivity contribution in [3.63, 3.8) is 0 Å². The summed E-state index contributed by atoms with van der Waals surface area (Å²) in [5, 5.41) is 10.2. The fourth-order valence-electron chi connectivity index (χ4n) is 3.50. The Kier molecular flexibility index (Phi) is 6.48. The van der Waals surface area contributed by atoms with E-state index in [0.717, 1.165) is 11.1 Å². The fraction of sp³-hybridized carbons (Fsp3) is 0.500. The van der Waals surface area contributed by atoms with Crippen LogP contribution in [0.2, 0.25) is 0 Å². The quantitative estimate of drug-likeness (QED) is 0.601. The monoisotopic (exact) mass is 401 g/mol. The van der Waals surface area contributed by atoms with Crippen molar-refractivity contribution in [2.75, 3.05) is 19.0 Å². The lowest BCUT2D eigenvalue weighted by Crippen LogP contribution is -2.63. The first kappa shape index (κ1) is 20.8. The van der Waals surface area contributed by atoms with Crippen LogP contribution >= 0.6 is 0 Å². The third kappa shape index (κ3) is 4.73. The lowest BCUT2D eigenvalue weighted by molar-refractivity contribution is -0.143. The minimum atomic E-state index is -0.525. The van der Waals surface area contributed by atoms with Gasteiger partial charge < -0.3 is 20.1 Å². The standard InChI is InChI=1S/C20H27N5O4/c1-5-29-16(26)10-9-14-12(3)22-20(24-18(14)27)25-19-21-11(2)13-7-6-8-15(28-4)17(13)23-19/h6-8,12,14,20,22H,5,9-10H2,1-4H3,(H,24,27)(H,21,23,25). The minimum Gasteiger partial charge on any atom is -0.494 e. The van der Waals surface area contributed by atoms with Gasteiger partial charge in [-0.15, -0.1) is 0 Å². The molecule has 0 aliphatic carbocycles. The lowest BCUT2D eigenvalue weighted by Gasteiger charge is -2.35. The van der Waals surface area contributed by atoms with Crippen LogP contribution in [0.3, 0.4) is 0 Å². The topological polar surface area (TPSA) is 114 Å². The Morgan fingerprint density at radius 1 is 1.31 bits per heavy atom. The van der Waals surface area contributed by atoms with Gasteiger partial charge in [0.25, 0.3) is 0 Å². The lowest BCUT2D eigenvalue weighted by atomic mass is 9.93. The van der Waals surface area contributed by atoms with Gasteiger partial charge in [-0.2, -0.15) is 0 Å². The summed E-state index contributed by atoms with van der Waals surface area (Å²) in [6.07, 6.45) is 0.111. The summed E-state index contributed by atoms with van der Waals surface area (Å²) in [5.74, 6) is 0.297. The molecule has 0 spiro atoms. The zero-order valence-electron chi connectivity index (χ0n) is 17.1. The van der Waals surface area contributed by atoms with Gasteiger partial charge in [0.2, 0.25) is 11.9 Å². The van der Waals surface area contributed by atoms with Crippen molar-refractivity contribution in [1.29, 1.82) is 0 Å². The second kappa shape index (κ2) is 9.04. The molecule has 9 nitrogen and oxygen atoms in total. The van der Waals surface area contributed by atoms with Gasteiger partial charge in [0.1, 0.15) is 11.3 Å². The number of esters is 1. The molecule has 0 radical (unpaired) electrons. The average molecular weight is 401 g/mol. The summed E-state index contributed by atoms with van der Waals surface area (Å²) in [5.41, 5.74) is 1.51. The van der Waals surface area contributed by atoms with E-state index in [4.69, 9.17) is 9.47 Å². The number of rotatable bonds is 7. The number of aromatic nitrogens is 2. The van der Waals surface area contributed by atoms with Crippen molar-refractivity contribution in [3.8, 4) is 5.75 Å². The number of carbonyl (C=O) groups excluding carboxylic acids is 2. The van der Waals surface area contributed by atoms with Crippen LogP contribution in [0.15, 0.2) is 18.2 Å². The number of aryl methyl sites for hydroxylation is 1. The number of hydrogen-bond acceptors (Lipinski definition) is 8. The van der Waals surface area contributed by atoms with E-state index in [2.05, 4.69) is 25.9 Å². The molecule has 1 amide bonds. The molecule has 0 bridgehead atoms. The van der Waals surface area contributed by atoms with Crippen molar-refractivity contribution in [2.45, 2.75) is 45.9 Å². The van der Waals surface area contributed by atoms with E-state index in [-0.39, 0.29) is 30.3 Å². The minimum absolute atomic E-state index is 0.131. The predicted octanol–water partition coefficient (Wildman–Crippen LogP) is 1.71. The van der Waals surface area contributed by atoms with Crippen molar-refractivity contribution in [3.05, 3.63) is 23.9 Å². The summed E-state index contributed by atoms with van der Waals surface area (Å²) in [4.78, 5) is 33.2. The number of amides is 1. The highest BCUT2D eigenvalue weighted by Gasteiger charge is 2.34. The van der Waals surface area contributed by atoms with Crippen LogP contribution in [0.25, 0.3) is 10.9 Å². The molecule has 1 aromatic heterocycles. The summed E-state index contributed by atoms with van der Waals surface area (Å²) in [6, 6.07) is 5.54. The molecule has 3 atom stereocenters. The van der Waals surface area contributed by atoms with Crippen molar-refractivity contribution < 1.29 is 19.1 Å². The molecule has 3 unspecified atom stereocenters. The molecule has 0 saturated carbocycles. The number of hydrogen-bond donors (Lipinski definition) is 3. The SMILES string of the molecule is CCOC(=O)CCC1C(=O)NC(Nc2nc(C)c3cccc(OC)c3n2)NC1C. The molecular weight excluding hydrogens is 374 g/mol. The van der Waals surface area contributed by atoms with E-state index < -0.39 is 6.29 Å². The van der Waals surface area contributed by atoms with Crippen molar-refractivity contribution >= 4 is 28.7 Å². The summed E-state index contributed by atoms with van der Waals surface area (Å²) in [6.45, 7) is 5.91. The maximum Gasteiger partial charge on any atom is 0.305 e. The third-order valence-corrected chi connectivity index (χ3v) is 4.99. The average Bonchev–Trinajstić information content (AvgIpc) is 2.67. The molecule has 3 N–H and O–H groups in total. The molecule has 1 aliphatic rings. The largest absolute Gasteiger partial charge is 0.494 e. The normalized spacial score (nSPS) is 21.5. The Hall–Kier alpha value is -2.94. The number of nitrogens with zero attached hydrogens (tertiary/aromatic N) is 2. The van der Waals surface area contributed by atoms with E-state index in [1.165, 1.54) is 0 Å². The highest BCUT2D eigenvalue weighted by molar-refractivity contribution is 5.87. The number of ether oxygens (including phenoxy) is 2. The molecule has 9 heteroatoms. The first-order valence-corrected chi connectivity index (χ1v) is 9.72. The molecule has 1 aromatic carbocycles. The van der Waals surface area contributed by atoms with Crippen molar-refractivity contribution in [2.24, 2.45) is 5.92 Å². The van der Waals surface area contributed by atoms with Crippen LogP contribution in [0, 0.1) is 12.8 Å². The Morgan fingerprint density at radius 2 is 2.10 bits per heavy atom. The molecule has 2 aromatic rings. The summed E-state index contributed by atoms with van der Waals surface area (Å²) in [7, 11) is 1.60. The highest BCUT2D eigenvalue weighted by atomic mass is 16.5. The summed E-state index contributed by atoms with van der Waals surface area (Å²) >= 11 is 0. The van der Waals surface area contributed by atoms with Crippen LogP contribution in [-0.2, 0) is 14.3 Å². The number of benzene rings is 1. The molecule has 1 fully saturated rings. The van der Waals surface area contributed by atoms with Gasteiger partial charge >= 0.3 is 5.97 Å². The zero-order valence-corrected chi connectivity index (χ0v) is 17.1. The maximum atomic E-state index is 12.6. The first-order valence-electron chi connectivity index (χ1n) is 9.72. The van der Waals surface area contributed by atoms with Crippen LogP contribution in [0.1, 0.15) is 32.4 Å². The van der Waals surface area contributed by atoms with Gasteiger partial charge in [-0.05, 0) is 33.3 Å². The van der Waals surface area contributed by atoms with Gasteiger partial charge in [0, 0.05) is 17.8 Å². The molecule has 1 saturated heterocycles. The highest BCUT2D eigenvalue weighted by Crippen LogP contribution is 2.26. The van der Waals surface area contributed by atoms with Gasteiger partial charge in [-0.3, -0.25) is 14.9 Å². The number of carbonyl (C=O) groups is 2. The Labute approximate surface area is 169 Å². The number of nitrogens with one attached hydrogen (secondary N) is 3. The smallest absolute Gasteiger partial charge is 0.305 e. The molecule has 156 valence electrons. The number of para-hydroxylation sites is 1. The van der Waals surface area contributed by atoms with E-state index in [1.54, 1.807) is 14.0 Å². The van der Waals surface area contributed by atoms with Crippen molar-refractivity contribution in [1.82, 2.24) is 20.6 Å². The molecular formula is C20H27N5O4. The van der Waals surface area contributed by atoms with E-state index in [9.17, 15) is 9.59 Å². The van der Waals surface area contributed by atoms with E-state index in [0.29, 0.717) is 30.2 Å². The van der Waals surface area contributed by atoms with E-state index in [1.807, 2.05) is 32.0 Å². The van der Waals surface area contributed by atoms with Crippen LogP contribution in [-0.4, -0.2) is 47.9 Å². The molecule has 29 heavy (non-hydrogen) atoms. The van der Waals surface area contributed by atoms with Gasteiger partial charge in [-0.1, -0.05) is 12.1 Å². The van der Waals surface area contributed by atoms with Crippen LogP contribution < -0.4 is 20.7 Å². The Morgan fingerprint density at radius 3 is 2.79 bits per heavy atom. The molecule has 3 rings (SSSR count). The molecule has 2 heterocycles. The van der Waals surface area contributed by atoms with Gasteiger partial charge in [0.15, 0.2) is 6.29 Å². The number of anilines is 1. The predicted molar refractivity (Wildman–Crippen MR) is 108 cm³/mol. The fourth-order valence-corrected chi connectivity index (χ4v) is 3.50. The van der Waals surface area contributed by atoms with Gasteiger partial charge in [-0.25, -0.2) is 9.97 Å². The number of fused-ring (bicyclic) bond motifs is 1. The molecule has 1 aliphatic heterocycles. The first-order chi connectivity index (χ1) is 13.9. The van der Waals surface area contributed by atoms with Crippen LogP contribution in [0.5, 0.6) is 5.75 Å². The Bertz CT molecular complexity index is 904. The maximum absolute atomic E-state index is 12.6. The second-order valence-corrected chi connectivity index (χ2v) is 6.98. The third-order valence-electron chi connectivity index (χ3n) is 4.99. The van der Waals surface area contributed by atoms with E-state index >= 15 is 0 Å². The second-order valence-electron chi connectivity index (χ2n) is 6.98. The van der Waals surface area contributed by atoms with Gasteiger partial charge in [0.05, 0.1) is 25.3 Å².